The Morgan fingerprint density at radius 2 is 1.50 bits per heavy atom. The van der Waals surface area contributed by atoms with E-state index in [-0.39, 0.29) is 27.4 Å². The summed E-state index contributed by atoms with van der Waals surface area (Å²) >= 11 is 6.23. The van der Waals surface area contributed by atoms with Gasteiger partial charge >= 0.3 is 0 Å². The maximum absolute atomic E-state index is 12.2. The number of hydrazone groups is 1. The quantitative estimate of drug-likeness (QED) is 0.283. The molecule has 0 spiro atoms. The predicted molar refractivity (Wildman–Crippen MR) is 121 cm³/mol. The van der Waals surface area contributed by atoms with Crippen molar-refractivity contribution in [3.05, 3.63) is 86.3 Å². The molecule has 0 saturated carbocycles. The Bertz CT molecular complexity index is 1120. The van der Waals surface area contributed by atoms with Crippen molar-refractivity contribution in [1.29, 1.82) is 0 Å². The number of aromatic hydroxyl groups is 2. The second-order valence-corrected chi connectivity index (χ2v) is 7.70. The van der Waals surface area contributed by atoms with Gasteiger partial charge in [0.05, 0.1) is 10.7 Å². The van der Waals surface area contributed by atoms with Gasteiger partial charge < -0.3 is 15.5 Å². The lowest BCUT2D eigenvalue weighted by atomic mass is 10.1. The van der Waals surface area contributed by atoms with Crippen LogP contribution in [0.3, 0.4) is 0 Å². The molecular weight excluding hydrogens is 518 g/mol. The summed E-state index contributed by atoms with van der Waals surface area (Å²) in [5.41, 5.74) is 4.05. The first-order chi connectivity index (χ1) is 14.4. The monoisotopic (exact) mass is 531 g/mol. The second-order valence-electron chi connectivity index (χ2n) is 6.06. The van der Waals surface area contributed by atoms with Crippen LogP contribution in [-0.4, -0.2) is 28.2 Å². The van der Waals surface area contributed by atoms with E-state index in [1.54, 1.807) is 48.5 Å². The minimum atomic E-state index is -0.469. The van der Waals surface area contributed by atoms with E-state index >= 15 is 0 Å². The third-order valence-electron chi connectivity index (χ3n) is 4.01. The number of phenols is 2. The molecule has 4 N–H and O–H groups in total. The number of nitrogens with one attached hydrogen (secondary N) is 2. The minimum absolute atomic E-state index is 0.109. The number of hydrogen-bond donors (Lipinski definition) is 4. The number of benzene rings is 3. The first-order valence-corrected chi connectivity index (χ1v) is 10.1. The van der Waals surface area contributed by atoms with Gasteiger partial charge in [0.25, 0.3) is 11.8 Å². The molecule has 152 valence electrons. The molecule has 3 rings (SSSR count). The lowest BCUT2D eigenvalue weighted by molar-refractivity contribution is 0.0954. The van der Waals surface area contributed by atoms with E-state index in [4.69, 9.17) is 0 Å². The van der Waals surface area contributed by atoms with Crippen LogP contribution in [-0.2, 0) is 0 Å². The van der Waals surface area contributed by atoms with Crippen LogP contribution in [0, 0.1) is 0 Å². The second kappa shape index (κ2) is 9.55. The SMILES string of the molecule is O=C(N/N=C\c1cc(Br)c(O)c(Br)c1O)c1ccc(NC(=O)c2ccccc2)cc1. The zero-order valence-electron chi connectivity index (χ0n) is 15.3. The van der Waals surface area contributed by atoms with Gasteiger partial charge in [-0.15, -0.1) is 0 Å². The van der Waals surface area contributed by atoms with Crippen LogP contribution in [0.4, 0.5) is 5.69 Å². The van der Waals surface area contributed by atoms with Crippen molar-refractivity contribution in [2.24, 2.45) is 5.10 Å². The topological polar surface area (TPSA) is 111 Å². The van der Waals surface area contributed by atoms with E-state index in [9.17, 15) is 19.8 Å². The number of carbonyl (C=O) groups excluding carboxylic acids is 2. The summed E-state index contributed by atoms with van der Waals surface area (Å²) in [5, 5.41) is 26.3. The van der Waals surface area contributed by atoms with Crippen LogP contribution in [0.25, 0.3) is 0 Å². The van der Waals surface area contributed by atoms with Crippen molar-refractivity contribution in [2.75, 3.05) is 5.32 Å². The Hall–Kier alpha value is -3.17. The number of phenolic OH excluding ortho intramolecular Hbond substituents is 2. The van der Waals surface area contributed by atoms with Gasteiger partial charge in [0.15, 0.2) is 0 Å². The Morgan fingerprint density at radius 3 is 2.17 bits per heavy atom. The number of nitrogens with zero attached hydrogens (tertiary/aromatic N) is 1. The van der Waals surface area contributed by atoms with Crippen molar-refractivity contribution >= 4 is 55.6 Å². The summed E-state index contributed by atoms with van der Waals surface area (Å²) in [5.74, 6) is -1.08. The summed E-state index contributed by atoms with van der Waals surface area (Å²) in [6.45, 7) is 0. The van der Waals surface area contributed by atoms with Crippen molar-refractivity contribution in [3.63, 3.8) is 0 Å². The lowest BCUT2D eigenvalue weighted by Gasteiger charge is -2.07. The largest absolute Gasteiger partial charge is 0.506 e. The highest BCUT2D eigenvalue weighted by Crippen LogP contribution is 2.40. The van der Waals surface area contributed by atoms with Gasteiger partial charge in [0, 0.05) is 22.4 Å². The van der Waals surface area contributed by atoms with Crippen LogP contribution in [0.15, 0.2) is 74.7 Å². The minimum Gasteiger partial charge on any atom is -0.506 e. The molecule has 0 bridgehead atoms. The molecule has 0 aliphatic rings. The number of rotatable bonds is 5. The first-order valence-electron chi connectivity index (χ1n) is 8.56. The Kier molecular flexibility index (Phi) is 6.86. The molecule has 30 heavy (non-hydrogen) atoms. The van der Waals surface area contributed by atoms with Gasteiger partial charge in [-0.2, -0.15) is 5.10 Å². The Labute approximate surface area is 188 Å². The Balaban J connectivity index is 1.63. The fraction of sp³-hybridized carbons (Fsp3) is 0. The van der Waals surface area contributed by atoms with Crippen LogP contribution in [0.5, 0.6) is 11.5 Å². The zero-order valence-corrected chi connectivity index (χ0v) is 18.4. The summed E-state index contributed by atoms with van der Waals surface area (Å²) in [4.78, 5) is 24.4. The maximum Gasteiger partial charge on any atom is 0.271 e. The van der Waals surface area contributed by atoms with E-state index in [0.29, 0.717) is 21.3 Å². The van der Waals surface area contributed by atoms with E-state index < -0.39 is 5.91 Å². The van der Waals surface area contributed by atoms with Gasteiger partial charge in [0.2, 0.25) is 0 Å². The van der Waals surface area contributed by atoms with Crippen molar-refractivity contribution < 1.29 is 19.8 Å². The van der Waals surface area contributed by atoms with E-state index in [1.807, 2.05) is 6.07 Å². The fourth-order valence-corrected chi connectivity index (χ4v) is 3.59. The average Bonchev–Trinajstić information content (AvgIpc) is 2.76. The van der Waals surface area contributed by atoms with Gasteiger partial charge in [-0.05, 0) is 74.3 Å². The highest BCUT2D eigenvalue weighted by atomic mass is 79.9. The number of amides is 2. The van der Waals surface area contributed by atoms with E-state index in [2.05, 4.69) is 47.7 Å². The molecule has 7 nitrogen and oxygen atoms in total. The molecule has 3 aromatic carbocycles. The van der Waals surface area contributed by atoms with Crippen LogP contribution in [0.1, 0.15) is 26.3 Å². The molecule has 0 aliphatic carbocycles. The number of hydrogen-bond acceptors (Lipinski definition) is 5. The van der Waals surface area contributed by atoms with Crippen LogP contribution < -0.4 is 10.7 Å². The van der Waals surface area contributed by atoms with Crippen molar-refractivity contribution in [2.45, 2.75) is 0 Å². The number of anilines is 1. The normalized spacial score (nSPS) is 10.7. The summed E-state index contributed by atoms with van der Waals surface area (Å²) in [6.07, 6.45) is 1.25. The molecule has 0 atom stereocenters. The van der Waals surface area contributed by atoms with Gasteiger partial charge in [0.1, 0.15) is 16.0 Å². The fourth-order valence-electron chi connectivity index (χ4n) is 2.44. The van der Waals surface area contributed by atoms with E-state index in [1.165, 1.54) is 12.3 Å². The van der Waals surface area contributed by atoms with Gasteiger partial charge in [-0.3, -0.25) is 9.59 Å². The van der Waals surface area contributed by atoms with Crippen LogP contribution in [0.2, 0.25) is 0 Å². The molecule has 9 heteroatoms. The molecule has 0 heterocycles. The standard InChI is InChI=1S/C21H15Br2N3O4/c22-16-10-14(18(27)17(23)19(16)28)11-24-26-21(30)13-6-8-15(9-7-13)25-20(29)12-4-2-1-3-5-12/h1-11,27-28H,(H,25,29)(H,26,30)/b24-11-. The van der Waals surface area contributed by atoms with Gasteiger partial charge in [-0.1, -0.05) is 18.2 Å². The Morgan fingerprint density at radius 1 is 0.867 bits per heavy atom. The first kappa shape index (κ1) is 21.5. The molecule has 3 aromatic rings. The van der Waals surface area contributed by atoms with Crippen molar-refractivity contribution in [1.82, 2.24) is 5.43 Å². The number of halogens is 2. The molecule has 0 saturated heterocycles. The van der Waals surface area contributed by atoms with Crippen molar-refractivity contribution in [3.8, 4) is 11.5 Å². The molecular formula is C21H15Br2N3O4. The summed E-state index contributed by atoms with van der Waals surface area (Å²) in [6, 6.07) is 16.6. The molecule has 0 aromatic heterocycles. The predicted octanol–water partition coefficient (Wildman–Crippen LogP) is 4.64. The molecule has 0 radical (unpaired) electrons. The highest BCUT2D eigenvalue weighted by molar-refractivity contribution is 9.11. The molecule has 0 fully saturated rings. The van der Waals surface area contributed by atoms with Gasteiger partial charge in [-0.25, -0.2) is 5.43 Å². The van der Waals surface area contributed by atoms with E-state index in [0.717, 1.165) is 0 Å². The van der Waals surface area contributed by atoms with Crippen LogP contribution >= 0.6 is 31.9 Å². The third-order valence-corrected chi connectivity index (χ3v) is 5.36. The smallest absolute Gasteiger partial charge is 0.271 e. The molecule has 2 amide bonds. The number of carbonyl (C=O) groups is 2. The average molecular weight is 533 g/mol. The lowest BCUT2D eigenvalue weighted by Crippen LogP contribution is -2.18. The zero-order chi connectivity index (χ0) is 21.7. The molecule has 0 aliphatic heterocycles. The maximum atomic E-state index is 12.2. The summed E-state index contributed by atoms with van der Waals surface area (Å²) in [7, 11) is 0. The summed E-state index contributed by atoms with van der Waals surface area (Å²) < 4.78 is 0.464. The highest BCUT2D eigenvalue weighted by Gasteiger charge is 2.13. The third kappa shape index (κ3) is 5.05. The molecule has 0 unspecified atom stereocenters.